The number of halogens is 1. The number of carbonyl (C=O) groups is 1. The van der Waals surface area contributed by atoms with Crippen LogP contribution in [0.5, 0.6) is 0 Å². The minimum atomic E-state index is -0.746. The summed E-state index contributed by atoms with van der Waals surface area (Å²) in [6, 6.07) is 5.77. The van der Waals surface area contributed by atoms with Crippen molar-refractivity contribution in [2.24, 2.45) is 0 Å². The molecule has 180 valence electrons. The van der Waals surface area contributed by atoms with Crippen LogP contribution in [0.15, 0.2) is 29.8 Å². The lowest BCUT2D eigenvalue weighted by atomic mass is 9.82. The van der Waals surface area contributed by atoms with Gasteiger partial charge in [-0.1, -0.05) is 11.6 Å². The van der Waals surface area contributed by atoms with E-state index in [1.165, 1.54) is 5.01 Å². The number of thiazole rings is 1. The van der Waals surface area contributed by atoms with Gasteiger partial charge in [0, 0.05) is 28.4 Å². The Morgan fingerprint density at radius 3 is 2.59 bits per heavy atom. The number of aromatic nitrogens is 4. The maximum Gasteiger partial charge on any atom is 0.528 e. The molecule has 0 unspecified atom stereocenters. The second kappa shape index (κ2) is 9.28. The van der Waals surface area contributed by atoms with E-state index in [4.69, 9.17) is 21.2 Å². The number of hydrogen-bond acceptors (Lipinski definition) is 8. The zero-order valence-corrected chi connectivity index (χ0v) is 21.1. The van der Waals surface area contributed by atoms with Gasteiger partial charge in [0.25, 0.3) is 0 Å². The maximum absolute atomic E-state index is 12.4. The highest BCUT2D eigenvalue weighted by Crippen LogP contribution is 2.42. The van der Waals surface area contributed by atoms with Crippen molar-refractivity contribution < 1.29 is 14.4 Å². The third-order valence-corrected chi connectivity index (χ3v) is 7.36. The Kier molecular flexibility index (Phi) is 6.35. The van der Waals surface area contributed by atoms with Crippen LogP contribution in [-0.2, 0) is 22.7 Å². The van der Waals surface area contributed by atoms with E-state index in [1.54, 1.807) is 37.2 Å². The summed E-state index contributed by atoms with van der Waals surface area (Å²) in [7, 11) is 0. The Bertz CT molecular complexity index is 1170. The summed E-state index contributed by atoms with van der Waals surface area (Å²) in [5, 5.41) is 14.6. The van der Waals surface area contributed by atoms with E-state index in [0.29, 0.717) is 29.9 Å². The smallest absolute Gasteiger partial charge is 0.427 e. The standard InChI is InChI=1S/C24H28ClN5O3S/c1-24(2,3)32-23(31)33-29-13-17-12-18(25)8-9-19(17)30-20(14-29)27-28-21(30)15-4-6-16(7-5-15)22-26-10-11-34-22/h8-12,15-16H,4-7,13-14H2,1-3H3/t15-,16-. The molecule has 0 amide bonds. The maximum atomic E-state index is 12.4. The Hall–Kier alpha value is -2.49. The summed E-state index contributed by atoms with van der Waals surface area (Å²) >= 11 is 8.07. The molecule has 3 aromatic rings. The van der Waals surface area contributed by atoms with Crippen LogP contribution in [0.2, 0.25) is 5.02 Å². The molecule has 2 aromatic heterocycles. The first-order valence-corrected chi connectivity index (χ1v) is 12.8. The lowest BCUT2D eigenvalue weighted by molar-refractivity contribution is -0.155. The summed E-state index contributed by atoms with van der Waals surface area (Å²) < 4.78 is 7.47. The van der Waals surface area contributed by atoms with E-state index in [-0.39, 0.29) is 0 Å². The van der Waals surface area contributed by atoms with Gasteiger partial charge in [0.15, 0.2) is 5.82 Å². The number of fused-ring (bicyclic) bond motifs is 3. The SMILES string of the molecule is CC(C)(C)OC(=O)ON1Cc2cc(Cl)ccc2-n2c(nnc2[C@H]2CC[C@H](c3nccs3)CC2)C1. The quantitative estimate of drug-likeness (QED) is 0.407. The molecule has 3 heterocycles. The number of ether oxygens (including phenoxy) is 1. The summed E-state index contributed by atoms with van der Waals surface area (Å²) in [5.74, 6) is 2.50. The number of carbonyl (C=O) groups excluding carboxylic acids is 1. The lowest BCUT2D eigenvalue weighted by Gasteiger charge is -2.27. The van der Waals surface area contributed by atoms with Gasteiger partial charge < -0.3 is 9.57 Å². The van der Waals surface area contributed by atoms with E-state index in [2.05, 4.69) is 19.7 Å². The number of rotatable bonds is 3. The molecule has 1 aromatic carbocycles. The van der Waals surface area contributed by atoms with Crippen molar-refractivity contribution in [3.05, 3.63) is 57.0 Å². The second-order valence-corrected chi connectivity index (χ2v) is 11.2. The molecule has 0 N–H and O–H groups in total. The van der Waals surface area contributed by atoms with Crippen molar-refractivity contribution in [3.8, 4) is 5.69 Å². The van der Waals surface area contributed by atoms with Gasteiger partial charge in [-0.05, 0) is 70.2 Å². The third kappa shape index (κ3) is 4.96. The molecule has 0 radical (unpaired) electrons. The van der Waals surface area contributed by atoms with Crippen LogP contribution in [0.1, 0.15) is 80.5 Å². The Labute approximate surface area is 207 Å². The van der Waals surface area contributed by atoms with Gasteiger partial charge in [-0.15, -0.1) is 26.6 Å². The minimum absolute atomic E-state index is 0.299. The fourth-order valence-electron chi connectivity index (χ4n) is 4.74. The van der Waals surface area contributed by atoms with Crippen molar-refractivity contribution in [1.82, 2.24) is 24.8 Å². The first-order chi connectivity index (χ1) is 16.3. The monoisotopic (exact) mass is 501 g/mol. The van der Waals surface area contributed by atoms with Crippen LogP contribution in [0.3, 0.4) is 0 Å². The van der Waals surface area contributed by atoms with Crippen LogP contribution in [0.25, 0.3) is 5.69 Å². The van der Waals surface area contributed by atoms with Crippen molar-refractivity contribution in [1.29, 1.82) is 0 Å². The van der Waals surface area contributed by atoms with Gasteiger partial charge >= 0.3 is 6.16 Å². The van der Waals surface area contributed by atoms with E-state index in [1.807, 2.05) is 29.8 Å². The molecule has 1 fully saturated rings. The number of benzene rings is 1. The highest BCUT2D eigenvalue weighted by atomic mass is 35.5. The molecule has 5 rings (SSSR count). The number of hydrogen-bond donors (Lipinski definition) is 0. The fraction of sp³-hybridized carbons (Fsp3) is 0.500. The molecule has 0 atom stereocenters. The number of nitrogens with zero attached hydrogens (tertiary/aromatic N) is 5. The van der Waals surface area contributed by atoms with Crippen LogP contribution in [0, 0.1) is 0 Å². The molecule has 2 aliphatic rings. The lowest BCUT2D eigenvalue weighted by Crippen LogP contribution is -2.31. The summed E-state index contributed by atoms with van der Waals surface area (Å²) in [5.41, 5.74) is 1.26. The van der Waals surface area contributed by atoms with Crippen molar-refractivity contribution in [3.63, 3.8) is 0 Å². The molecule has 1 aliphatic heterocycles. The average molecular weight is 502 g/mol. The van der Waals surface area contributed by atoms with Crippen LogP contribution >= 0.6 is 22.9 Å². The van der Waals surface area contributed by atoms with Gasteiger partial charge in [-0.2, -0.15) is 0 Å². The van der Waals surface area contributed by atoms with Gasteiger partial charge in [-0.3, -0.25) is 4.57 Å². The Balaban J connectivity index is 1.41. The molecule has 1 aliphatic carbocycles. The molecule has 0 saturated heterocycles. The highest BCUT2D eigenvalue weighted by molar-refractivity contribution is 7.09. The molecule has 34 heavy (non-hydrogen) atoms. The summed E-state index contributed by atoms with van der Waals surface area (Å²) in [6.07, 6.45) is 5.37. The van der Waals surface area contributed by atoms with Gasteiger partial charge in [-0.25, -0.2) is 9.78 Å². The van der Waals surface area contributed by atoms with Crippen molar-refractivity contribution >= 4 is 29.1 Å². The Morgan fingerprint density at radius 1 is 1.12 bits per heavy atom. The summed E-state index contributed by atoms with van der Waals surface area (Å²) in [4.78, 5) is 22.4. The van der Waals surface area contributed by atoms with Gasteiger partial charge in [0.05, 0.1) is 23.8 Å². The van der Waals surface area contributed by atoms with Gasteiger partial charge in [0.1, 0.15) is 11.4 Å². The molecule has 0 spiro atoms. The molecule has 8 nitrogen and oxygen atoms in total. The zero-order valence-electron chi connectivity index (χ0n) is 19.5. The highest BCUT2D eigenvalue weighted by Gasteiger charge is 2.33. The minimum Gasteiger partial charge on any atom is -0.427 e. The number of hydroxylamine groups is 2. The van der Waals surface area contributed by atoms with Crippen LogP contribution in [-0.4, -0.2) is 36.6 Å². The molecule has 1 saturated carbocycles. The topological polar surface area (TPSA) is 82.4 Å². The van der Waals surface area contributed by atoms with E-state index in [9.17, 15) is 4.79 Å². The van der Waals surface area contributed by atoms with Crippen molar-refractivity contribution in [2.75, 3.05) is 0 Å². The van der Waals surface area contributed by atoms with Gasteiger partial charge in [0.2, 0.25) is 0 Å². The third-order valence-electron chi connectivity index (χ3n) is 6.19. The first-order valence-electron chi connectivity index (χ1n) is 11.5. The van der Waals surface area contributed by atoms with Crippen LogP contribution in [0.4, 0.5) is 4.79 Å². The predicted molar refractivity (Wildman–Crippen MR) is 129 cm³/mol. The predicted octanol–water partition coefficient (Wildman–Crippen LogP) is 6.00. The molecule has 10 heteroatoms. The average Bonchev–Trinajstić information content (AvgIpc) is 3.41. The zero-order chi connectivity index (χ0) is 23.9. The van der Waals surface area contributed by atoms with Crippen LogP contribution < -0.4 is 0 Å². The summed E-state index contributed by atoms with van der Waals surface area (Å²) in [6.45, 7) is 6.08. The molecular formula is C24H28ClN5O3S. The first kappa shape index (κ1) is 23.3. The Morgan fingerprint density at radius 2 is 1.88 bits per heavy atom. The van der Waals surface area contributed by atoms with E-state index in [0.717, 1.165) is 48.6 Å². The van der Waals surface area contributed by atoms with E-state index < -0.39 is 11.8 Å². The molecule has 0 bridgehead atoms. The second-order valence-electron chi connectivity index (χ2n) is 9.86. The van der Waals surface area contributed by atoms with E-state index >= 15 is 0 Å². The fourth-order valence-corrected chi connectivity index (χ4v) is 5.74. The largest absolute Gasteiger partial charge is 0.528 e. The van der Waals surface area contributed by atoms with Crippen molar-refractivity contribution in [2.45, 2.75) is 77.0 Å². The normalized spacial score (nSPS) is 20.8. The molecular weight excluding hydrogens is 474 g/mol.